The highest BCUT2D eigenvalue weighted by Gasteiger charge is 2.13. The summed E-state index contributed by atoms with van der Waals surface area (Å²) in [6.07, 6.45) is 0. The van der Waals surface area contributed by atoms with Gasteiger partial charge in [-0.05, 0) is 30.7 Å². The van der Waals surface area contributed by atoms with E-state index in [1.165, 1.54) is 18.3 Å². The summed E-state index contributed by atoms with van der Waals surface area (Å²) >= 11 is 1.25. The van der Waals surface area contributed by atoms with E-state index < -0.39 is 0 Å². The summed E-state index contributed by atoms with van der Waals surface area (Å²) in [5.41, 5.74) is 1.94. The van der Waals surface area contributed by atoms with Crippen LogP contribution in [0.15, 0.2) is 46.2 Å². The van der Waals surface area contributed by atoms with Gasteiger partial charge in [0.2, 0.25) is 11.8 Å². The zero-order valence-electron chi connectivity index (χ0n) is 15.9. The van der Waals surface area contributed by atoms with Gasteiger partial charge in [-0.25, -0.2) is 4.98 Å². The Kier molecular flexibility index (Phi) is 6.40. The Morgan fingerprint density at radius 1 is 1.10 bits per heavy atom. The largest absolute Gasteiger partial charge is 0.458 e. The molecule has 0 saturated carbocycles. The van der Waals surface area contributed by atoms with Gasteiger partial charge in [0.15, 0.2) is 10.9 Å². The first kappa shape index (κ1) is 20.3. The summed E-state index contributed by atoms with van der Waals surface area (Å²) in [4.78, 5) is 39.6. The molecule has 3 N–H and O–H groups in total. The predicted octanol–water partition coefficient (Wildman–Crippen LogP) is 2.72. The summed E-state index contributed by atoms with van der Waals surface area (Å²) in [7, 11) is 0. The normalized spacial score (nSPS) is 10.4. The zero-order valence-corrected chi connectivity index (χ0v) is 16.8. The number of aryl methyl sites for hydroxylation is 1. The van der Waals surface area contributed by atoms with Crippen molar-refractivity contribution in [2.75, 3.05) is 11.9 Å². The SMILES string of the molecule is CC(=O)NCc1ccc(-c2csc(NC(=O)CNC(=O)c3ccccc3C)n2)o1. The Balaban J connectivity index is 1.53. The number of furan rings is 1. The molecule has 0 saturated heterocycles. The average Bonchev–Trinajstić information content (AvgIpc) is 3.34. The van der Waals surface area contributed by atoms with Crippen molar-refractivity contribution in [1.29, 1.82) is 0 Å². The third kappa shape index (κ3) is 5.52. The Bertz CT molecular complexity index is 1040. The second-order valence-electron chi connectivity index (χ2n) is 6.26. The molecule has 29 heavy (non-hydrogen) atoms. The molecule has 0 unspecified atom stereocenters. The monoisotopic (exact) mass is 412 g/mol. The second-order valence-corrected chi connectivity index (χ2v) is 7.12. The smallest absolute Gasteiger partial charge is 0.251 e. The Hall–Kier alpha value is -3.46. The van der Waals surface area contributed by atoms with E-state index in [1.807, 2.05) is 19.1 Å². The Morgan fingerprint density at radius 3 is 2.66 bits per heavy atom. The van der Waals surface area contributed by atoms with E-state index in [4.69, 9.17) is 4.42 Å². The maximum absolute atomic E-state index is 12.2. The molecule has 0 fully saturated rings. The minimum Gasteiger partial charge on any atom is -0.458 e. The van der Waals surface area contributed by atoms with Crippen LogP contribution in [0.4, 0.5) is 5.13 Å². The van der Waals surface area contributed by atoms with Crippen molar-refractivity contribution in [3.05, 3.63) is 58.7 Å². The molecule has 1 aromatic carbocycles. The number of amides is 3. The zero-order chi connectivity index (χ0) is 20.8. The molecule has 3 aromatic rings. The molecule has 3 rings (SSSR count). The van der Waals surface area contributed by atoms with Crippen LogP contribution >= 0.6 is 11.3 Å². The minimum absolute atomic E-state index is 0.142. The molecule has 8 nitrogen and oxygen atoms in total. The van der Waals surface area contributed by atoms with Crippen LogP contribution in [0.25, 0.3) is 11.5 Å². The molecule has 0 atom stereocenters. The number of carbonyl (C=O) groups excluding carboxylic acids is 3. The summed E-state index contributed by atoms with van der Waals surface area (Å²) in [6, 6.07) is 10.7. The van der Waals surface area contributed by atoms with E-state index in [-0.39, 0.29) is 24.3 Å². The Morgan fingerprint density at radius 2 is 1.90 bits per heavy atom. The first-order chi connectivity index (χ1) is 13.9. The highest BCUT2D eigenvalue weighted by Crippen LogP contribution is 2.26. The summed E-state index contributed by atoms with van der Waals surface area (Å²) < 4.78 is 5.64. The molecule has 0 aliphatic heterocycles. The maximum Gasteiger partial charge on any atom is 0.251 e. The van der Waals surface area contributed by atoms with Crippen LogP contribution in [0.5, 0.6) is 0 Å². The Labute approximate surface area is 171 Å². The number of nitrogens with one attached hydrogen (secondary N) is 3. The number of nitrogens with zero attached hydrogens (tertiary/aromatic N) is 1. The number of anilines is 1. The lowest BCUT2D eigenvalue weighted by atomic mass is 10.1. The summed E-state index contributed by atoms with van der Waals surface area (Å²) in [6.45, 7) is 3.40. The quantitative estimate of drug-likeness (QED) is 0.552. The minimum atomic E-state index is -0.376. The molecule has 9 heteroatoms. The van der Waals surface area contributed by atoms with Gasteiger partial charge < -0.3 is 20.4 Å². The van der Waals surface area contributed by atoms with Gasteiger partial charge in [0, 0.05) is 17.9 Å². The van der Waals surface area contributed by atoms with Crippen LogP contribution in [0.3, 0.4) is 0 Å². The first-order valence-electron chi connectivity index (χ1n) is 8.85. The molecule has 2 aromatic heterocycles. The molecular formula is C20H20N4O4S. The molecule has 3 amide bonds. The van der Waals surface area contributed by atoms with Crippen LogP contribution in [-0.2, 0) is 16.1 Å². The van der Waals surface area contributed by atoms with Crippen molar-refractivity contribution < 1.29 is 18.8 Å². The van der Waals surface area contributed by atoms with Crippen molar-refractivity contribution in [2.24, 2.45) is 0 Å². The van der Waals surface area contributed by atoms with Gasteiger partial charge in [-0.2, -0.15) is 0 Å². The van der Waals surface area contributed by atoms with Gasteiger partial charge in [-0.15, -0.1) is 11.3 Å². The van der Waals surface area contributed by atoms with Crippen molar-refractivity contribution >= 4 is 34.2 Å². The third-order valence-electron chi connectivity index (χ3n) is 3.98. The highest BCUT2D eigenvalue weighted by atomic mass is 32.1. The molecule has 2 heterocycles. The lowest BCUT2D eigenvalue weighted by Gasteiger charge is -2.07. The van der Waals surface area contributed by atoms with Crippen molar-refractivity contribution in [2.45, 2.75) is 20.4 Å². The van der Waals surface area contributed by atoms with Crippen molar-refractivity contribution in [3.63, 3.8) is 0 Å². The van der Waals surface area contributed by atoms with E-state index in [9.17, 15) is 14.4 Å². The topological polar surface area (TPSA) is 113 Å². The van der Waals surface area contributed by atoms with E-state index in [1.54, 1.807) is 29.6 Å². The van der Waals surface area contributed by atoms with Gasteiger partial charge in [0.1, 0.15) is 11.5 Å². The third-order valence-corrected chi connectivity index (χ3v) is 4.73. The number of rotatable bonds is 7. The van der Waals surface area contributed by atoms with Gasteiger partial charge in [0.25, 0.3) is 5.91 Å². The van der Waals surface area contributed by atoms with Crippen molar-refractivity contribution in [3.8, 4) is 11.5 Å². The number of benzene rings is 1. The molecule has 0 bridgehead atoms. The maximum atomic E-state index is 12.2. The molecule has 0 radical (unpaired) electrons. The van der Waals surface area contributed by atoms with Gasteiger partial charge in [-0.3, -0.25) is 14.4 Å². The number of hydrogen-bond donors (Lipinski definition) is 3. The first-order valence-corrected chi connectivity index (χ1v) is 9.73. The highest BCUT2D eigenvalue weighted by molar-refractivity contribution is 7.14. The fourth-order valence-corrected chi connectivity index (χ4v) is 3.23. The molecule has 0 aliphatic carbocycles. The fraction of sp³-hybridized carbons (Fsp3) is 0.200. The summed E-state index contributed by atoms with van der Waals surface area (Å²) in [5, 5.41) is 10.1. The van der Waals surface area contributed by atoms with E-state index in [0.717, 1.165) is 5.56 Å². The number of hydrogen-bond acceptors (Lipinski definition) is 6. The molecule has 0 spiro atoms. The van der Waals surface area contributed by atoms with Crippen LogP contribution in [0, 0.1) is 6.92 Å². The predicted molar refractivity (Wildman–Crippen MR) is 109 cm³/mol. The van der Waals surface area contributed by atoms with Crippen molar-refractivity contribution in [1.82, 2.24) is 15.6 Å². The van der Waals surface area contributed by atoms with Gasteiger partial charge in [0.05, 0.1) is 13.1 Å². The van der Waals surface area contributed by atoms with Crippen LogP contribution in [0.1, 0.15) is 28.6 Å². The summed E-state index contributed by atoms with van der Waals surface area (Å²) in [5.74, 6) is 0.317. The number of aromatic nitrogens is 1. The van der Waals surface area contributed by atoms with Gasteiger partial charge >= 0.3 is 0 Å². The van der Waals surface area contributed by atoms with Crippen LogP contribution < -0.4 is 16.0 Å². The van der Waals surface area contributed by atoms with E-state index in [0.29, 0.717) is 34.5 Å². The molecule has 0 aliphatic rings. The van der Waals surface area contributed by atoms with E-state index in [2.05, 4.69) is 20.9 Å². The second kappa shape index (κ2) is 9.16. The molecular weight excluding hydrogens is 392 g/mol. The standard InChI is InChI=1S/C20H20N4O4S/c1-12-5-3-4-6-15(12)19(27)22-10-18(26)24-20-23-16(11-29-20)17-8-7-14(28-17)9-21-13(2)25/h3-8,11H,9-10H2,1-2H3,(H,21,25)(H,22,27)(H,23,24,26). The van der Waals surface area contributed by atoms with Crippen LogP contribution in [-0.4, -0.2) is 29.3 Å². The average molecular weight is 412 g/mol. The number of thiazole rings is 1. The number of carbonyl (C=O) groups is 3. The lowest BCUT2D eigenvalue weighted by Crippen LogP contribution is -2.33. The molecule has 150 valence electrons. The van der Waals surface area contributed by atoms with Gasteiger partial charge in [-0.1, -0.05) is 18.2 Å². The fourth-order valence-electron chi connectivity index (χ4n) is 2.51. The van der Waals surface area contributed by atoms with Crippen LogP contribution in [0.2, 0.25) is 0 Å². The lowest BCUT2D eigenvalue weighted by molar-refractivity contribution is -0.119. The van der Waals surface area contributed by atoms with E-state index >= 15 is 0 Å².